The maximum absolute atomic E-state index is 13.3. The molecule has 0 spiro atoms. The van der Waals surface area contributed by atoms with Crippen molar-refractivity contribution in [1.29, 1.82) is 0 Å². The number of hydrogen-bond donors (Lipinski definition) is 2. The fourth-order valence-electron chi connectivity index (χ4n) is 4.02. The molecular weight excluding hydrogens is 580 g/mol. The quantitative estimate of drug-likeness (QED) is 0.0892. The number of amides is 1. The molecule has 0 fully saturated rings. The van der Waals surface area contributed by atoms with Crippen LogP contribution in [0.2, 0.25) is 20.1 Å². The molecule has 1 amide bonds. The highest BCUT2D eigenvalue weighted by Gasteiger charge is 2.21. The zero-order valence-corrected chi connectivity index (χ0v) is 22.9. The van der Waals surface area contributed by atoms with Gasteiger partial charge in [-0.2, -0.15) is 5.10 Å². The van der Waals surface area contributed by atoms with E-state index >= 15 is 0 Å². The van der Waals surface area contributed by atoms with Gasteiger partial charge in [-0.05, 0) is 48.0 Å². The monoisotopic (exact) mass is 595 g/mol. The average molecular weight is 597 g/mol. The lowest BCUT2D eigenvalue weighted by atomic mass is 10.0. The summed E-state index contributed by atoms with van der Waals surface area (Å²) in [5.74, 6) is -0.942. The number of carbonyl (C=O) groups excluding carboxylic acids is 2. The number of nitrogens with zero attached hydrogens (tertiary/aromatic N) is 1. The van der Waals surface area contributed by atoms with E-state index in [0.29, 0.717) is 37.1 Å². The number of rotatable bonds is 6. The third kappa shape index (κ3) is 5.79. The van der Waals surface area contributed by atoms with E-state index in [9.17, 15) is 9.59 Å². The number of aromatic nitrogens is 1. The Labute approximate surface area is 243 Å². The van der Waals surface area contributed by atoms with Crippen LogP contribution in [0.3, 0.4) is 0 Å². The van der Waals surface area contributed by atoms with E-state index in [2.05, 4.69) is 15.5 Å². The molecule has 0 saturated carbocycles. The molecule has 0 radical (unpaired) electrons. The van der Waals surface area contributed by atoms with Crippen molar-refractivity contribution >= 4 is 75.4 Å². The number of ether oxygens (including phenoxy) is 1. The van der Waals surface area contributed by atoms with Gasteiger partial charge < -0.3 is 9.72 Å². The molecule has 5 rings (SSSR count). The molecule has 0 atom stereocenters. The van der Waals surface area contributed by atoms with Gasteiger partial charge in [-0.15, -0.1) is 0 Å². The van der Waals surface area contributed by atoms with Gasteiger partial charge in [-0.1, -0.05) is 88.9 Å². The van der Waals surface area contributed by atoms with Gasteiger partial charge in [0.2, 0.25) is 0 Å². The number of aromatic amines is 1. The SMILES string of the molecule is O=C(Oc1ccccc1C=NNC(=O)c1[nH]c2cc(Cl)cc(Cl)c2c1-c1ccccc1)c1ccc(Cl)cc1Cl. The molecule has 0 aliphatic carbocycles. The number of esters is 1. The van der Waals surface area contributed by atoms with Gasteiger partial charge in [0.15, 0.2) is 0 Å². The van der Waals surface area contributed by atoms with Crippen LogP contribution in [-0.4, -0.2) is 23.1 Å². The van der Waals surface area contributed by atoms with Crippen LogP contribution >= 0.6 is 46.4 Å². The van der Waals surface area contributed by atoms with Crippen molar-refractivity contribution in [2.75, 3.05) is 0 Å². The summed E-state index contributed by atoms with van der Waals surface area (Å²) in [7, 11) is 0. The number of H-pyrrole nitrogens is 1. The van der Waals surface area contributed by atoms with E-state index in [1.165, 1.54) is 18.3 Å². The first-order chi connectivity index (χ1) is 18.8. The second-order valence-corrected chi connectivity index (χ2v) is 9.99. The number of hydrazone groups is 1. The number of carbonyl (C=O) groups is 2. The molecule has 1 aromatic heterocycles. The first-order valence-corrected chi connectivity index (χ1v) is 13.0. The van der Waals surface area contributed by atoms with Gasteiger partial charge in [0, 0.05) is 32.1 Å². The predicted molar refractivity (Wildman–Crippen MR) is 157 cm³/mol. The van der Waals surface area contributed by atoms with Gasteiger partial charge in [-0.25, -0.2) is 10.2 Å². The van der Waals surface area contributed by atoms with Crippen LogP contribution < -0.4 is 10.2 Å². The first kappa shape index (κ1) is 26.8. The summed E-state index contributed by atoms with van der Waals surface area (Å²) in [6.45, 7) is 0. The zero-order valence-electron chi connectivity index (χ0n) is 19.8. The maximum atomic E-state index is 13.3. The molecule has 0 bridgehead atoms. The van der Waals surface area contributed by atoms with Crippen molar-refractivity contribution < 1.29 is 14.3 Å². The van der Waals surface area contributed by atoms with E-state index < -0.39 is 11.9 Å². The molecule has 6 nitrogen and oxygen atoms in total. The second-order valence-electron chi connectivity index (χ2n) is 8.30. The molecule has 10 heteroatoms. The molecule has 5 aromatic rings. The van der Waals surface area contributed by atoms with Crippen LogP contribution in [-0.2, 0) is 0 Å². The molecule has 0 unspecified atom stereocenters. The Balaban J connectivity index is 1.41. The van der Waals surface area contributed by atoms with Crippen LogP contribution in [0.1, 0.15) is 26.4 Å². The van der Waals surface area contributed by atoms with Crippen molar-refractivity contribution in [3.8, 4) is 16.9 Å². The van der Waals surface area contributed by atoms with Gasteiger partial charge in [0.25, 0.3) is 5.91 Å². The minimum absolute atomic E-state index is 0.159. The molecular formula is C29H17Cl4N3O3. The lowest BCUT2D eigenvalue weighted by Crippen LogP contribution is -2.19. The number of hydrogen-bond acceptors (Lipinski definition) is 4. The fraction of sp³-hybridized carbons (Fsp3) is 0. The number of para-hydroxylation sites is 1. The first-order valence-electron chi connectivity index (χ1n) is 11.5. The van der Waals surface area contributed by atoms with Crippen LogP contribution in [0.15, 0.2) is 90.0 Å². The standard InChI is InChI=1S/C29H17Cl4N3O3/c30-18-10-11-20(21(32)12-18)29(38)39-24-9-5-4-8-17(24)15-34-36-28(37)27-25(16-6-2-1-3-7-16)26-22(33)13-19(31)14-23(26)35-27/h1-15,35H,(H,36,37). The van der Waals surface area contributed by atoms with Crippen molar-refractivity contribution in [2.45, 2.75) is 0 Å². The van der Waals surface area contributed by atoms with Crippen LogP contribution in [0.5, 0.6) is 5.75 Å². The zero-order chi connectivity index (χ0) is 27.5. The molecule has 0 aliphatic heterocycles. The number of benzene rings is 4. The normalized spacial score (nSPS) is 11.2. The van der Waals surface area contributed by atoms with E-state index in [1.54, 1.807) is 42.5 Å². The minimum Gasteiger partial charge on any atom is -0.422 e. The van der Waals surface area contributed by atoms with Crippen LogP contribution in [0.4, 0.5) is 0 Å². The Bertz CT molecular complexity index is 1750. The highest BCUT2D eigenvalue weighted by atomic mass is 35.5. The molecule has 2 N–H and O–H groups in total. The third-order valence-electron chi connectivity index (χ3n) is 5.75. The minimum atomic E-state index is -0.664. The Morgan fingerprint density at radius 2 is 1.54 bits per heavy atom. The fourth-order valence-corrected chi connectivity index (χ4v) is 5.09. The van der Waals surface area contributed by atoms with Gasteiger partial charge in [0.1, 0.15) is 11.4 Å². The number of nitrogens with one attached hydrogen (secondary N) is 2. The highest BCUT2D eigenvalue weighted by molar-refractivity contribution is 6.40. The Morgan fingerprint density at radius 3 is 2.31 bits per heavy atom. The van der Waals surface area contributed by atoms with Crippen LogP contribution in [0.25, 0.3) is 22.0 Å². The summed E-state index contributed by atoms with van der Waals surface area (Å²) < 4.78 is 5.53. The average Bonchev–Trinajstić information content (AvgIpc) is 3.30. The summed E-state index contributed by atoms with van der Waals surface area (Å²) in [6, 6.07) is 23.9. The summed E-state index contributed by atoms with van der Waals surface area (Å²) in [5.41, 5.74) is 5.42. The Hall–Kier alpha value is -3.81. The predicted octanol–water partition coefficient (Wildman–Crippen LogP) is 8.43. The lowest BCUT2D eigenvalue weighted by molar-refractivity contribution is 0.0734. The van der Waals surface area contributed by atoms with E-state index in [4.69, 9.17) is 51.1 Å². The molecule has 4 aromatic carbocycles. The maximum Gasteiger partial charge on any atom is 0.345 e. The van der Waals surface area contributed by atoms with Crippen molar-refractivity contribution in [3.63, 3.8) is 0 Å². The van der Waals surface area contributed by atoms with Gasteiger partial charge in [-0.3, -0.25) is 4.79 Å². The molecule has 194 valence electrons. The summed E-state index contributed by atoms with van der Waals surface area (Å²) in [5, 5.41) is 6.17. The van der Waals surface area contributed by atoms with Gasteiger partial charge in [0.05, 0.1) is 21.8 Å². The van der Waals surface area contributed by atoms with E-state index in [0.717, 1.165) is 5.56 Å². The molecule has 1 heterocycles. The highest BCUT2D eigenvalue weighted by Crippen LogP contribution is 2.38. The smallest absolute Gasteiger partial charge is 0.345 e. The summed E-state index contributed by atoms with van der Waals surface area (Å²) in [4.78, 5) is 29.1. The molecule has 0 aliphatic rings. The number of halogens is 4. The molecule has 39 heavy (non-hydrogen) atoms. The largest absolute Gasteiger partial charge is 0.422 e. The third-order valence-corrected chi connectivity index (χ3v) is 6.81. The van der Waals surface area contributed by atoms with Gasteiger partial charge >= 0.3 is 5.97 Å². The summed E-state index contributed by atoms with van der Waals surface area (Å²) in [6.07, 6.45) is 1.37. The van der Waals surface area contributed by atoms with Crippen molar-refractivity contribution in [3.05, 3.63) is 122 Å². The second kappa shape index (κ2) is 11.5. The van der Waals surface area contributed by atoms with Crippen LogP contribution in [0, 0.1) is 0 Å². The Morgan fingerprint density at radius 1 is 0.821 bits per heavy atom. The van der Waals surface area contributed by atoms with Crippen molar-refractivity contribution in [1.82, 2.24) is 10.4 Å². The summed E-state index contributed by atoms with van der Waals surface area (Å²) >= 11 is 24.8. The lowest BCUT2D eigenvalue weighted by Gasteiger charge is -2.08. The number of fused-ring (bicyclic) bond motifs is 1. The Kier molecular flexibility index (Phi) is 7.91. The molecule has 0 saturated heterocycles. The van der Waals surface area contributed by atoms with E-state index in [-0.39, 0.29) is 22.0 Å². The van der Waals surface area contributed by atoms with E-state index in [1.807, 2.05) is 30.3 Å². The topological polar surface area (TPSA) is 83.5 Å². The van der Waals surface area contributed by atoms with Crippen molar-refractivity contribution in [2.24, 2.45) is 5.10 Å².